The first kappa shape index (κ1) is 13.9. The van der Waals surface area contributed by atoms with E-state index in [1.165, 1.54) is 5.56 Å². The smallest absolute Gasteiger partial charge is 0.148 e. The van der Waals surface area contributed by atoms with Gasteiger partial charge in [0, 0.05) is 12.6 Å². The van der Waals surface area contributed by atoms with Crippen molar-refractivity contribution in [3.8, 4) is 0 Å². The second kappa shape index (κ2) is 6.10. The van der Waals surface area contributed by atoms with Crippen LogP contribution in [0.2, 0.25) is 0 Å². The van der Waals surface area contributed by atoms with Gasteiger partial charge in [-0.2, -0.15) is 16.4 Å². The van der Waals surface area contributed by atoms with E-state index in [1.54, 1.807) is 11.3 Å². The predicted octanol–water partition coefficient (Wildman–Crippen LogP) is 3.29. The molecule has 0 saturated heterocycles. The van der Waals surface area contributed by atoms with Crippen molar-refractivity contribution in [3.63, 3.8) is 0 Å². The van der Waals surface area contributed by atoms with Crippen LogP contribution in [-0.4, -0.2) is 15.8 Å². The molecule has 104 valence electrons. The maximum atomic E-state index is 6.11. The van der Waals surface area contributed by atoms with E-state index in [2.05, 4.69) is 41.1 Å². The van der Waals surface area contributed by atoms with Crippen LogP contribution in [-0.2, 0) is 13.0 Å². The molecule has 2 heterocycles. The summed E-state index contributed by atoms with van der Waals surface area (Å²) in [6.07, 6.45) is 2.05. The zero-order valence-corrected chi connectivity index (χ0v) is 12.6. The van der Waals surface area contributed by atoms with Crippen molar-refractivity contribution in [1.29, 1.82) is 0 Å². The maximum absolute atomic E-state index is 6.11. The fraction of sp³-hybridized carbons (Fsp3) is 0.500. The summed E-state index contributed by atoms with van der Waals surface area (Å²) in [5.74, 6) is 0.960. The zero-order valence-electron chi connectivity index (χ0n) is 11.8. The lowest BCUT2D eigenvalue weighted by molar-refractivity contribution is 0.597. The molecule has 2 aromatic heterocycles. The Morgan fingerprint density at radius 1 is 1.53 bits per heavy atom. The Kier molecular flexibility index (Phi) is 4.47. The third kappa shape index (κ3) is 3.29. The SMILES string of the molecule is CCCn1nc(C)c(N)c1NC(C)Cc1ccsc1. The first-order valence-corrected chi connectivity index (χ1v) is 7.66. The standard InChI is InChI=1S/C14H22N4S/c1-4-6-18-14(13(15)11(3)17-18)16-10(2)8-12-5-7-19-9-12/h5,7,9-10,16H,4,6,8,15H2,1-3H3. The van der Waals surface area contributed by atoms with Crippen LogP contribution in [0, 0.1) is 6.92 Å². The summed E-state index contributed by atoms with van der Waals surface area (Å²) in [4.78, 5) is 0. The van der Waals surface area contributed by atoms with Gasteiger partial charge in [-0.1, -0.05) is 6.92 Å². The second-order valence-electron chi connectivity index (χ2n) is 4.95. The van der Waals surface area contributed by atoms with E-state index in [-0.39, 0.29) is 0 Å². The number of hydrogen-bond acceptors (Lipinski definition) is 4. The topological polar surface area (TPSA) is 55.9 Å². The number of anilines is 2. The van der Waals surface area contributed by atoms with Gasteiger partial charge in [-0.05, 0) is 49.1 Å². The Morgan fingerprint density at radius 2 is 2.32 bits per heavy atom. The molecule has 2 aromatic rings. The van der Waals surface area contributed by atoms with Crippen molar-refractivity contribution in [2.75, 3.05) is 11.1 Å². The Balaban J connectivity index is 2.09. The molecule has 0 saturated carbocycles. The van der Waals surface area contributed by atoms with E-state index in [9.17, 15) is 0 Å². The first-order chi connectivity index (χ1) is 9.11. The van der Waals surface area contributed by atoms with Gasteiger partial charge in [-0.3, -0.25) is 0 Å². The third-order valence-corrected chi connectivity index (χ3v) is 3.85. The van der Waals surface area contributed by atoms with E-state index in [0.717, 1.165) is 36.6 Å². The van der Waals surface area contributed by atoms with Gasteiger partial charge in [0.15, 0.2) is 0 Å². The molecule has 1 unspecified atom stereocenters. The number of thiophene rings is 1. The number of nitrogens with zero attached hydrogens (tertiary/aromatic N) is 2. The number of hydrogen-bond donors (Lipinski definition) is 2. The Labute approximate surface area is 118 Å². The van der Waals surface area contributed by atoms with Gasteiger partial charge in [0.1, 0.15) is 5.82 Å². The molecule has 0 bridgehead atoms. The van der Waals surface area contributed by atoms with Gasteiger partial charge in [-0.15, -0.1) is 0 Å². The summed E-state index contributed by atoms with van der Waals surface area (Å²) in [5.41, 5.74) is 9.15. The van der Waals surface area contributed by atoms with Crippen LogP contribution in [0.3, 0.4) is 0 Å². The molecule has 0 amide bonds. The van der Waals surface area contributed by atoms with Crippen molar-refractivity contribution in [1.82, 2.24) is 9.78 Å². The molecular weight excluding hydrogens is 256 g/mol. The summed E-state index contributed by atoms with van der Waals surface area (Å²) < 4.78 is 1.98. The highest BCUT2D eigenvalue weighted by Crippen LogP contribution is 2.24. The highest BCUT2D eigenvalue weighted by molar-refractivity contribution is 7.07. The van der Waals surface area contributed by atoms with Crippen molar-refractivity contribution < 1.29 is 0 Å². The molecule has 0 aromatic carbocycles. The number of nitrogens with two attached hydrogens (primary N) is 1. The van der Waals surface area contributed by atoms with E-state index in [1.807, 2.05) is 11.6 Å². The van der Waals surface area contributed by atoms with Crippen molar-refractivity contribution >= 4 is 22.8 Å². The van der Waals surface area contributed by atoms with Crippen LogP contribution in [0.4, 0.5) is 11.5 Å². The molecule has 19 heavy (non-hydrogen) atoms. The van der Waals surface area contributed by atoms with E-state index in [0.29, 0.717) is 6.04 Å². The Bertz CT molecular complexity index is 516. The highest BCUT2D eigenvalue weighted by atomic mass is 32.1. The molecule has 4 nitrogen and oxygen atoms in total. The summed E-state index contributed by atoms with van der Waals surface area (Å²) in [5, 5.41) is 12.3. The van der Waals surface area contributed by atoms with Gasteiger partial charge in [-0.25, -0.2) is 4.68 Å². The monoisotopic (exact) mass is 278 g/mol. The summed E-state index contributed by atoms with van der Waals surface area (Å²) in [6.45, 7) is 7.17. The first-order valence-electron chi connectivity index (χ1n) is 6.72. The van der Waals surface area contributed by atoms with Gasteiger partial charge in [0.2, 0.25) is 0 Å². The molecule has 0 aliphatic carbocycles. The van der Waals surface area contributed by atoms with Crippen LogP contribution in [0.1, 0.15) is 31.5 Å². The summed E-state index contributed by atoms with van der Waals surface area (Å²) >= 11 is 1.74. The molecule has 5 heteroatoms. The largest absolute Gasteiger partial charge is 0.394 e. The van der Waals surface area contributed by atoms with Gasteiger partial charge in [0.05, 0.1) is 11.4 Å². The second-order valence-corrected chi connectivity index (χ2v) is 5.73. The Morgan fingerprint density at radius 3 is 2.95 bits per heavy atom. The molecule has 0 aliphatic rings. The number of nitrogens with one attached hydrogen (secondary N) is 1. The minimum Gasteiger partial charge on any atom is -0.394 e. The fourth-order valence-corrected chi connectivity index (χ4v) is 2.85. The molecule has 0 radical (unpaired) electrons. The molecule has 0 fully saturated rings. The molecule has 3 N–H and O–H groups in total. The van der Waals surface area contributed by atoms with Crippen LogP contribution in [0.25, 0.3) is 0 Å². The summed E-state index contributed by atoms with van der Waals surface area (Å²) in [7, 11) is 0. The lowest BCUT2D eigenvalue weighted by Gasteiger charge is -2.16. The van der Waals surface area contributed by atoms with Crippen molar-refractivity contribution in [3.05, 3.63) is 28.1 Å². The number of aryl methyl sites for hydroxylation is 2. The molecule has 0 spiro atoms. The van der Waals surface area contributed by atoms with Crippen molar-refractivity contribution in [2.24, 2.45) is 0 Å². The average molecular weight is 278 g/mol. The number of aromatic nitrogens is 2. The van der Waals surface area contributed by atoms with Crippen LogP contribution in [0.15, 0.2) is 16.8 Å². The van der Waals surface area contributed by atoms with Crippen molar-refractivity contribution in [2.45, 2.75) is 46.2 Å². The van der Waals surface area contributed by atoms with Gasteiger partial charge >= 0.3 is 0 Å². The normalized spacial score (nSPS) is 12.6. The molecule has 0 aliphatic heterocycles. The third-order valence-electron chi connectivity index (χ3n) is 3.11. The van der Waals surface area contributed by atoms with E-state index in [4.69, 9.17) is 5.73 Å². The van der Waals surface area contributed by atoms with Gasteiger partial charge in [0.25, 0.3) is 0 Å². The fourth-order valence-electron chi connectivity index (χ4n) is 2.17. The molecular formula is C14H22N4S. The molecule has 2 rings (SSSR count). The van der Waals surface area contributed by atoms with Crippen LogP contribution < -0.4 is 11.1 Å². The highest BCUT2D eigenvalue weighted by Gasteiger charge is 2.14. The van der Waals surface area contributed by atoms with E-state index < -0.39 is 0 Å². The van der Waals surface area contributed by atoms with Crippen LogP contribution in [0.5, 0.6) is 0 Å². The quantitative estimate of drug-likeness (QED) is 0.852. The lowest BCUT2D eigenvalue weighted by Crippen LogP contribution is -2.21. The Hall–Kier alpha value is -1.49. The predicted molar refractivity (Wildman–Crippen MR) is 82.8 cm³/mol. The van der Waals surface area contributed by atoms with Crippen LogP contribution >= 0.6 is 11.3 Å². The molecule has 1 atom stereocenters. The minimum absolute atomic E-state index is 0.337. The maximum Gasteiger partial charge on any atom is 0.148 e. The summed E-state index contributed by atoms with van der Waals surface area (Å²) in [6, 6.07) is 2.50. The van der Waals surface area contributed by atoms with E-state index >= 15 is 0 Å². The average Bonchev–Trinajstić information content (AvgIpc) is 2.94. The minimum atomic E-state index is 0.337. The number of rotatable bonds is 6. The lowest BCUT2D eigenvalue weighted by atomic mass is 10.1. The van der Waals surface area contributed by atoms with Gasteiger partial charge < -0.3 is 11.1 Å². The number of nitrogen functional groups attached to an aromatic ring is 1. The zero-order chi connectivity index (χ0) is 13.8.